The van der Waals surface area contributed by atoms with Gasteiger partial charge in [0.1, 0.15) is 0 Å². The minimum atomic E-state index is 0.0215. The fourth-order valence-corrected chi connectivity index (χ4v) is 3.76. The van der Waals surface area contributed by atoms with Gasteiger partial charge in [0.15, 0.2) is 0 Å². The molecule has 1 aromatic rings. The summed E-state index contributed by atoms with van der Waals surface area (Å²) in [6, 6.07) is 6.24. The molecule has 2 nitrogen and oxygen atoms in total. The van der Waals surface area contributed by atoms with Crippen LogP contribution in [0, 0.1) is 12.8 Å². The van der Waals surface area contributed by atoms with E-state index >= 15 is 0 Å². The van der Waals surface area contributed by atoms with Gasteiger partial charge in [-0.25, -0.2) is 0 Å². The lowest BCUT2D eigenvalue weighted by Gasteiger charge is -2.34. The maximum absolute atomic E-state index is 6.49. The summed E-state index contributed by atoms with van der Waals surface area (Å²) in [5, 5.41) is 0.823. The Morgan fingerprint density at radius 1 is 1.29 bits per heavy atom. The van der Waals surface area contributed by atoms with Gasteiger partial charge in [0.25, 0.3) is 0 Å². The SMILES string of the molecule is CCOC(C(N)Cc1ccc(C)cc1Cl)C1CCCCC1. The van der Waals surface area contributed by atoms with Crippen LogP contribution in [0.5, 0.6) is 0 Å². The smallest absolute Gasteiger partial charge is 0.0757 e. The molecule has 0 heterocycles. The van der Waals surface area contributed by atoms with Gasteiger partial charge in [-0.05, 0) is 56.2 Å². The number of aryl methyl sites for hydroxylation is 1. The average molecular weight is 310 g/mol. The van der Waals surface area contributed by atoms with E-state index < -0.39 is 0 Å². The molecule has 0 aliphatic heterocycles. The predicted molar refractivity (Wildman–Crippen MR) is 89.9 cm³/mol. The summed E-state index contributed by atoms with van der Waals surface area (Å²) in [7, 11) is 0. The molecular formula is C18H28ClNO. The summed E-state index contributed by atoms with van der Waals surface area (Å²) >= 11 is 6.34. The average Bonchev–Trinajstić information content (AvgIpc) is 2.48. The molecule has 118 valence electrons. The van der Waals surface area contributed by atoms with Gasteiger partial charge in [0, 0.05) is 17.7 Å². The van der Waals surface area contributed by atoms with Gasteiger partial charge in [-0.15, -0.1) is 0 Å². The van der Waals surface area contributed by atoms with E-state index in [2.05, 4.69) is 26.0 Å². The van der Waals surface area contributed by atoms with Crippen LogP contribution in [0.25, 0.3) is 0 Å². The first-order valence-electron chi connectivity index (χ1n) is 8.24. The minimum absolute atomic E-state index is 0.0215. The van der Waals surface area contributed by atoms with Gasteiger partial charge >= 0.3 is 0 Å². The molecule has 1 aliphatic carbocycles. The van der Waals surface area contributed by atoms with Gasteiger partial charge < -0.3 is 10.5 Å². The van der Waals surface area contributed by atoms with Crippen molar-refractivity contribution < 1.29 is 4.74 Å². The molecule has 0 aromatic heterocycles. The second-order valence-electron chi connectivity index (χ2n) is 6.28. The Kier molecular flexibility index (Phi) is 6.53. The highest BCUT2D eigenvalue weighted by molar-refractivity contribution is 6.31. The molecule has 0 bridgehead atoms. The van der Waals surface area contributed by atoms with Crippen molar-refractivity contribution in [3.63, 3.8) is 0 Å². The number of ether oxygens (including phenoxy) is 1. The highest BCUT2D eigenvalue weighted by Gasteiger charge is 2.29. The van der Waals surface area contributed by atoms with Crippen molar-refractivity contribution in [3.05, 3.63) is 34.3 Å². The van der Waals surface area contributed by atoms with Crippen LogP contribution in [-0.2, 0) is 11.2 Å². The number of hydrogen-bond acceptors (Lipinski definition) is 2. The van der Waals surface area contributed by atoms with Crippen molar-refractivity contribution in [3.8, 4) is 0 Å². The fraction of sp³-hybridized carbons (Fsp3) is 0.667. The Balaban J connectivity index is 2.04. The lowest BCUT2D eigenvalue weighted by atomic mass is 9.81. The molecule has 0 amide bonds. The molecule has 2 unspecified atom stereocenters. The van der Waals surface area contributed by atoms with Gasteiger partial charge in [0.05, 0.1) is 6.10 Å². The maximum Gasteiger partial charge on any atom is 0.0757 e. The molecule has 0 spiro atoms. The molecule has 3 heteroatoms. The zero-order valence-electron chi connectivity index (χ0n) is 13.3. The van der Waals surface area contributed by atoms with Gasteiger partial charge in [0.2, 0.25) is 0 Å². The second-order valence-corrected chi connectivity index (χ2v) is 6.69. The normalized spacial score (nSPS) is 19.4. The topological polar surface area (TPSA) is 35.2 Å². The maximum atomic E-state index is 6.49. The molecule has 1 aliphatic rings. The van der Waals surface area contributed by atoms with Crippen LogP contribution in [-0.4, -0.2) is 18.8 Å². The van der Waals surface area contributed by atoms with Crippen molar-refractivity contribution in [2.24, 2.45) is 11.7 Å². The molecule has 0 saturated heterocycles. The summed E-state index contributed by atoms with van der Waals surface area (Å²) < 4.78 is 6.01. The van der Waals surface area contributed by atoms with E-state index in [4.69, 9.17) is 22.1 Å². The third-order valence-electron chi connectivity index (χ3n) is 4.56. The van der Waals surface area contributed by atoms with Crippen LogP contribution in [0.2, 0.25) is 5.02 Å². The molecule has 1 aromatic carbocycles. The Bertz CT molecular complexity index is 443. The molecule has 2 atom stereocenters. The number of nitrogens with two attached hydrogens (primary N) is 1. The first kappa shape index (κ1) is 16.8. The summed E-state index contributed by atoms with van der Waals surface area (Å²) in [4.78, 5) is 0. The van der Waals surface area contributed by atoms with E-state index in [1.165, 1.54) is 37.7 Å². The number of benzene rings is 1. The monoisotopic (exact) mass is 309 g/mol. The number of rotatable bonds is 6. The highest BCUT2D eigenvalue weighted by atomic mass is 35.5. The van der Waals surface area contributed by atoms with Crippen LogP contribution < -0.4 is 5.73 Å². The van der Waals surface area contributed by atoms with E-state index in [0.717, 1.165) is 23.6 Å². The quantitative estimate of drug-likeness (QED) is 0.839. The lowest BCUT2D eigenvalue weighted by Crippen LogP contribution is -2.44. The van der Waals surface area contributed by atoms with E-state index in [0.29, 0.717) is 5.92 Å². The standard InChI is InChI=1S/C18H28ClNO/c1-3-21-18(14-7-5-4-6-8-14)17(20)12-15-10-9-13(2)11-16(15)19/h9-11,14,17-18H,3-8,12,20H2,1-2H3. The first-order valence-corrected chi connectivity index (χ1v) is 8.61. The van der Waals surface area contributed by atoms with Crippen LogP contribution >= 0.6 is 11.6 Å². The summed E-state index contributed by atoms with van der Waals surface area (Å²) in [5.74, 6) is 0.609. The summed E-state index contributed by atoms with van der Waals surface area (Å²) in [6.07, 6.45) is 7.43. The molecule has 1 fully saturated rings. The van der Waals surface area contributed by atoms with Crippen LogP contribution in [0.4, 0.5) is 0 Å². The third-order valence-corrected chi connectivity index (χ3v) is 4.91. The zero-order chi connectivity index (χ0) is 15.2. The van der Waals surface area contributed by atoms with Gasteiger partial charge in [-0.3, -0.25) is 0 Å². The molecule has 2 N–H and O–H groups in total. The molecule has 0 radical (unpaired) electrons. The number of hydrogen-bond donors (Lipinski definition) is 1. The van der Waals surface area contributed by atoms with E-state index in [1.54, 1.807) is 0 Å². The largest absolute Gasteiger partial charge is 0.377 e. The lowest BCUT2D eigenvalue weighted by molar-refractivity contribution is -0.00912. The predicted octanol–water partition coefficient (Wildman–Crippen LogP) is 4.50. The van der Waals surface area contributed by atoms with E-state index in [9.17, 15) is 0 Å². The Morgan fingerprint density at radius 3 is 2.62 bits per heavy atom. The van der Waals surface area contributed by atoms with Crippen molar-refractivity contribution in [1.29, 1.82) is 0 Å². The Labute approximate surface area is 134 Å². The second kappa shape index (κ2) is 8.17. The van der Waals surface area contributed by atoms with Crippen molar-refractivity contribution >= 4 is 11.6 Å². The van der Waals surface area contributed by atoms with Crippen LogP contribution in [0.15, 0.2) is 18.2 Å². The summed E-state index contributed by atoms with van der Waals surface area (Å²) in [6.45, 7) is 4.85. The van der Waals surface area contributed by atoms with Crippen molar-refractivity contribution in [1.82, 2.24) is 0 Å². The fourth-order valence-electron chi connectivity index (χ4n) is 3.45. The molecule has 1 saturated carbocycles. The molecular weight excluding hydrogens is 282 g/mol. The minimum Gasteiger partial charge on any atom is -0.377 e. The molecule has 2 rings (SSSR count). The van der Waals surface area contributed by atoms with Crippen molar-refractivity contribution in [2.75, 3.05) is 6.61 Å². The van der Waals surface area contributed by atoms with Gasteiger partial charge in [-0.1, -0.05) is 43.0 Å². The summed E-state index contributed by atoms with van der Waals surface area (Å²) in [5.41, 5.74) is 8.81. The van der Waals surface area contributed by atoms with Crippen LogP contribution in [0.3, 0.4) is 0 Å². The Morgan fingerprint density at radius 2 is 2.00 bits per heavy atom. The third kappa shape index (κ3) is 4.70. The van der Waals surface area contributed by atoms with Gasteiger partial charge in [-0.2, -0.15) is 0 Å². The highest BCUT2D eigenvalue weighted by Crippen LogP contribution is 2.30. The number of halogens is 1. The molecule has 21 heavy (non-hydrogen) atoms. The van der Waals surface area contributed by atoms with Crippen molar-refractivity contribution in [2.45, 2.75) is 64.5 Å². The zero-order valence-corrected chi connectivity index (χ0v) is 14.0. The van der Waals surface area contributed by atoms with E-state index in [1.807, 2.05) is 6.07 Å². The van der Waals surface area contributed by atoms with E-state index in [-0.39, 0.29) is 12.1 Å². The van der Waals surface area contributed by atoms with Crippen LogP contribution in [0.1, 0.15) is 50.2 Å². The Hall–Kier alpha value is -0.570. The first-order chi connectivity index (χ1) is 10.1.